The van der Waals surface area contributed by atoms with Gasteiger partial charge in [-0.1, -0.05) is 32.1 Å². The summed E-state index contributed by atoms with van der Waals surface area (Å²) in [6.45, 7) is 8.00. The first-order valence-corrected chi connectivity index (χ1v) is 12.5. The van der Waals surface area contributed by atoms with E-state index in [0.717, 1.165) is 35.5 Å². The molecule has 1 saturated heterocycles. The number of hydrogen-bond donors (Lipinski definition) is 0. The monoisotopic (exact) mass is 464 g/mol. The SMILES string of the molecule is CC(C)(C)OC(=O)N1CCN(c2cc(C=O)cc(-c3ccnc(CC4CCCCC4)c3)n2)CC1. The van der Waals surface area contributed by atoms with Crippen LogP contribution in [0.4, 0.5) is 10.6 Å². The Morgan fingerprint density at radius 3 is 2.50 bits per heavy atom. The van der Waals surface area contributed by atoms with Crippen LogP contribution in [0.25, 0.3) is 11.3 Å². The third-order valence-corrected chi connectivity index (χ3v) is 6.56. The third-order valence-electron chi connectivity index (χ3n) is 6.56. The molecule has 2 aromatic rings. The van der Waals surface area contributed by atoms with Gasteiger partial charge in [-0.15, -0.1) is 0 Å². The predicted octanol–water partition coefficient (Wildman–Crippen LogP) is 5.14. The summed E-state index contributed by atoms with van der Waals surface area (Å²) in [6, 6.07) is 7.75. The fourth-order valence-corrected chi connectivity index (χ4v) is 4.80. The standard InChI is InChI=1S/C27H36N4O3/c1-27(2,3)34-26(33)31-13-11-30(12-14-31)25-17-21(19-32)16-24(29-25)22-9-10-28-23(18-22)15-20-7-5-4-6-8-20/h9-10,16-20H,4-8,11-15H2,1-3H3. The lowest BCUT2D eigenvalue weighted by Crippen LogP contribution is -2.50. The molecule has 182 valence electrons. The van der Waals surface area contributed by atoms with E-state index in [1.165, 1.54) is 32.1 Å². The maximum absolute atomic E-state index is 12.4. The Morgan fingerprint density at radius 2 is 1.82 bits per heavy atom. The maximum Gasteiger partial charge on any atom is 0.410 e. The van der Waals surface area contributed by atoms with Crippen LogP contribution < -0.4 is 4.90 Å². The molecule has 0 radical (unpaired) electrons. The van der Waals surface area contributed by atoms with Crippen molar-refractivity contribution in [3.8, 4) is 11.3 Å². The van der Waals surface area contributed by atoms with Crippen molar-refractivity contribution in [2.75, 3.05) is 31.1 Å². The van der Waals surface area contributed by atoms with Crippen LogP contribution in [0.15, 0.2) is 30.5 Å². The second-order valence-corrected chi connectivity index (χ2v) is 10.5. The molecule has 7 nitrogen and oxygen atoms in total. The molecule has 0 aromatic carbocycles. The number of pyridine rings is 2. The van der Waals surface area contributed by atoms with Crippen LogP contribution in [0.5, 0.6) is 0 Å². The maximum atomic E-state index is 12.4. The fraction of sp³-hybridized carbons (Fsp3) is 0.556. The smallest absolute Gasteiger partial charge is 0.410 e. The minimum Gasteiger partial charge on any atom is -0.444 e. The van der Waals surface area contributed by atoms with Gasteiger partial charge in [0.1, 0.15) is 17.7 Å². The van der Waals surface area contributed by atoms with Gasteiger partial charge in [0, 0.05) is 49.2 Å². The van der Waals surface area contributed by atoms with Crippen LogP contribution in [0.3, 0.4) is 0 Å². The molecular weight excluding hydrogens is 428 g/mol. The molecule has 7 heteroatoms. The quantitative estimate of drug-likeness (QED) is 0.571. The molecule has 1 saturated carbocycles. The number of nitrogens with zero attached hydrogens (tertiary/aromatic N) is 4. The lowest BCUT2D eigenvalue weighted by molar-refractivity contribution is 0.0240. The first kappa shape index (κ1) is 24.2. The van der Waals surface area contributed by atoms with Crippen LogP contribution in [0.1, 0.15) is 68.9 Å². The largest absolute Gasteiger partial charge is 0.444 e. The number of rotatable bonds is 5. The van der Waals surface area contributed by atoms with Crippen molar-refractivity contribution in [2.45, 2.75) is 64.9 Å². The number of aromatic nitrogens is 2. The fourth-order valence-electron chi connectivity index (χ4n) is 4.80. The van der Waals surface area contributed by atoms with E-state index in [1.54, 1.807) is 4.90 Å². The normalized spacial score (nSPS) is 17.5. The van der Waals surface area contributed by atoms with Gasteiger partial charge in [-0.05, 0) is 57.4 Å². The van der Waals surface area contributed by atoms with E-state index in [2.05, 4.69) is 16.0 Å². The van der Waals surface area contributed by atoms with Crippen molar-refractivity contribution >= 4 is 18.2 Å². The Morgan fingerprint density at radius 1 is 1.09 bits per heavy atom. The first-order valence-electron chi connectivity index (χ1n) is 12.5. The molecule has 0 bridgehead atoms. The molecule has 0 N–H and O–H groups in total. The lowest BCUT2D eigenvalue weighted by Gasteiger charge is -2.36. The van der Waals surface area contributed by atoms with Gasteiger partial charge in [0.15, 0.2) is 0 Å². The van der Waals surface area contributed by atoms with E-state index >= 15 is 0 Å². The molecule has 0 spiro atoms. The summed E-state index contributed by atoms with van der Waals surface area (Å²) in [6.07, 6.45) is 9.98. The summed E-state index contributed by atoms with van der Waals surface area (Å²) in [4.78, 5) is 37.4. The van der Waals surface area contributed by atoms with E-state index in [-0.39, 0.29) is 6.09 Å². The Balaban J connectivity index is 1.48. The Kier molecular flexibility index (Phi) is 7.49. The van der Waals surface area contributed by atoms with Gasteiger partial charge in [0.05, 0.1) is 5.69 Å². The highest BCUT2D eigenvalue weighted by atomic mass is 16.6. The zero-order valence-electron chi connectivity index (χ0n) is 20.6. The highest BCUT2D eigenvalue weighted by Crippen LogP contribution is 2.28. The molecule has 1 aliphatic heterocycles. The molecule has 0 unspecified atom stereocenters. The molecule has 34 heavy (non-hydrogen) atoms. The lowest BCUT2D eigenvalue weighted by atomic mass is 9.86. The Bertz CT molecular complexity index is 1000. The number of aldehydes is 1. The van der Waals surface area contributed by atoms with Crippen LogP contribution in [-0.4, -0.2) is 59.0 Å². The van der Waals surface area contributed by atoms with E-state index in [9.17, 15) is 9.59 Å². The average Bonchev–Trinajstić information content (AvgIpc) is 2.83. The summed E-state index contributed by atoms with van der Waals surface area (Å²) in [7, 11) is 0. The molecule has 0 atom stereocenters. The minimum atomic E-state index is -0.511. The molecular formula is C27H36N4O3. The topological polar surface area (TPSA) is 75.6 Å². The number of amides is 1. The molecule has 1 amide bonds. The molecule has 2 aliphatic rings. The summed E-state index contributed by atoms with van der Waals surface area (Å²) in [5.74, 6) is 1.47. The Labute approximate surface area is 202 Å². The number of piperazine rings is 1. The highest BCUT2D eigenvalue weighted by molar-refractivity contribution is 5.80. The third kappa shape index (κ3) is 6.33. The zero-order valence-corrected chi connectivity index (χ0v) is 20.6. The second kappa shape index (κ2) is 10.5. The van der Waals surface area contributed by atoms with Gasteiger partial charge in [0.2, 0.25) is 0 Å². The van der Waals surface area contributed by atoms with Crippen LogP contribution in [0.2, 0.25) is 0 Å². The van der Waals surface area contributed by atoms with Crippen molar-refractivity contribution in [2.24, 2.45) is 5.92 Å². The molecule has 2 fully saturated rings. The van der Waals surface area contributed by atoms with Crippen molar-refractivity contribution in [3.63, 3.8) is 0 Å². The van der Waals surface area contributed by atoms with Crippen molar-refractivity contribution in [3.05, 3.63) is 41.7 Å². The number of ether oxygens (including phenoxy) is 1. The number of carbonyl (C=O) groups is 2. The summed E-state index contributed by atoms with van der Waals surface area (Å²) in [5, 5.41) is 0. The van der Waals surface area contributed by atoms with Gasteiger partial charge < -0.3 is 14.5 Å². The van der Waals surface area contributed by atoms with Gasteiger partial charge in [-0.3, -0.25) is 9.78 Å². The number of carbonyl (C=O) groups excluding carboxylic acids is 2. The first-order chi connectivity index (χ1) is 16.3. The number of hydrogen-bond acceptors (Lipinski definition) is 6. The number of anilines is 1. The molecule has 1 aliphatic carbocycles. The predicted molar refractivity (Wildman–Crippen MR) is 133 cm³/mol. The van der Waals surface area contributed by atoms with Crippen molar-refractivity contribution in [1.29, 1.82) is 0 Å². The van der Waals surface area contributed by atoms with E-state index < -0.39 is 5.60 Å². The van der Waals surface area contributed by atoms with Gasteiger partial charge in [-0.25, -0.2) is 9.78 Å². The van der Waals surface area contributed by atoms with Crippen LogP contribution in [0, 0.1) is 5.92 Å². The summed E-state index contributed by atoms with van der Waals surface area (Å²) >= 11 is 0. The molecule has 3 heterocycles. The van der Waals surface area contributed by atoms with Crippen LogP contribution in [-0.2, 0) is 11.2 Å². The van der Waals surface area contributed by atoms with Crippen molar-refractivity contribution in [1.82, 2.24) is 14.9 Å². The van der Waals surface area contributed by atoms with E-state index in [4.69, 9.17) is 9.72 Å². The zero-order chi connectivity index (χ0) is 24.1. The van der Waals surface area contributed by atoms with Gasteiger partial charge in [-0.2, -0.15) is 0 Å². The van der Waals surface area contributed by atoms with E-state index in [0.29, 0.717) is 37.7 Å². The average molecular weight is 465 g/mol. The Hall–Kier alpha value is -2.96. The minimum absolute atomic E-state index is 0.287. The van der Waals surface area contributed by atoms with Gasteiger partial charge in [0.25, 0.3) is 0 Å². The van der Waals surface area contributed by atoms with E-state index in [1.807, 2.05) is 45.2 Å². The van der Waals surface area contributed by atoms with Gasteiger partial charge >= 0.3 is 6.09 Å². The summed E-state index contributed by atoms with van der Waals surface area (Å²) in [5.41, 5.74) is 2.94. The molecule has 2 aromatic heterocycles. The molecule has 4 rings (SSSR count). The summed E-state index contributed by atoms with van der Waals surface area (Å²) < 4.78 is 5.50. The highest BCUT2D eigenvalue weighted by Gasteiger charge is 2.26. The second-order valence-electron chi connectivity index (χ2n) is 10.5. The van der Waals surface area contributed by atoms with Crippen molar-refractivity contribution < 1.29 is 14.3 Å². The van der Waals surface area contributed by atoms with Crippen LogP contribution >= 0.6 is 0 Å².